The normalized spacial score (nSPS) is 15.1. The fourth-order valence-electron chi connectivity index (χ4n) is 4.04. The summed E-state index contributed by atoms with van der Waals surface area (Å²) >= 11 is 0. The molecule has 1 fully saturated rings. The highest BCUT2D eigenvalue weighted by Gasteiger charge is 2.26. The topological polar surface area (TPSA) is 123 Å². The van der Waals surface area contributed by atoms with Crippen LogP contribution in [0.2, 0.25) is 0 Å². The zero-order chi connectivity index (χ0) is 22.7. The van der Waals surface area contributed by atoms with Gasteiger partial charge < -0.3 is 24.7 Å². The molecule has 4 rings (SSSR count). The number of nitrogens with one attached hydrogen (secondary N) is 2. The quantitative estimate of drug-likeness (QED) is 0.470. The summed E-state index contributed by atoms with van der Waals surface area (Å²) in [4.78, 5) is 6.81. The lowest BCUT2D eigenvalue weighted by Crippen LogP contribution is -2.43. The van der Waals surface area contributed by atoms with Crippen molar-refractivity contribution in [3.8, 4) is 5.75 Å². The van der Waals surface area contributed by atoms with Crippen LogP contribution in [0.25, 0.3) is 11.1 Å². The SMILES string of the molecule is CCNc1cc(CN(c2nc3cc(S(N)(=O)=O)ccc3o2)C2CCNCC2)ccc1OC. The van der Waals surface area contributed by atoms with Crippen molar-refractivity contribution in [3.63, 3.8) is 0 Å². The van der Waals surface area contributed by atoms with Gasteiger partial charge >= 0.3 is 0 Å². The molecule has 0 spiro atoms. The van der Waals surface area contributed by atoms with E-state index in [9.17, 15) is 8.42 Å². The smallest absolute Gasteiger partial charge is 0.298 e. The van der Waals surface area contributed by atoms with Crippen molar-refractivity contribution in [1.29, 1.82) is 0 Å². The standard InChI is InChI=1S/C22H29N5O4S/c1-3-25-18-12-15(4-6-20(18)30-2)14-27(16-8-10-24-11-9-16)22-26-19-13-17(32(23,28)29)5-7-21(19)31-22/h4-7,12-13,16,24-25H,3,8-11,14H2,1-2H3,(H2,23,28,29). The molecule has 9 nitrogen and oxygen atoms in total. The van der Waals surface area contributed by atoms with E-state index in [1.54, 1.807) is 13.2 Å². The van der Waals surface area contributed by atoms with E-state index in [0.717, 1.165) is 49.5 Å². The van der Waals surface area contributed by atoms with E-state index >= 15 is 0 Å². The number of methoxy groups -OCH3 is 1. The molecule has 2 aromatic carbocycles. The highest BCUT2D eigenvalue weighted by Crippen LogP contribution is 2.31. The zero-order valence-corrected chi connectivity index (χ0v) is 19.1. The number of anilines is 2. The lowest BCUT2D eigenvalue weighted by Gasteiger charge is -2.33. The van der Waals surface area contributed by atoms with Gasteiger partial charge in [-0.3, -0.25) is 0 Å². The van der Waals surface area contributed by atoms with Crippen molar-refractivity contribution in [1.82, 2.24) is 10.3 Å². The van der Waals surface area contributed by atoms with E-state index in [1.165, 1.54) is 12.1 Å². The Morgan fingerprint density at radius 1 is 1.25 bits per heavy atom. The third-order valence-corrected chi connectivity index (χ3v) is 6.57. The number of oxazole rings is 1. The second kappa shape index (κ2) is 9.35. The van der Waals surface area contributed by atoms with Crippen LogP contribution in [0.1, 0.15) is 25.3 Å². The van der Waals surface area contributed by atoms with Gasteiger partial charge in [0.15, 0.2) is 5.58 Å². The summed E-state index contributed by atoms with van der Waals surface area (Å²) in [6.07, 6.45) is 1.91. The lowest BCUT2D eigenvalue weighted by atomic mass is 10.0. The molecule has 32 heavy (non-hydrogen) atoms. The van der Waals surface area contributed by atoms with Gasteiger partial charge in [0.25, 0.3) is 6.01 Å². The maximum atomic E-state index is 11.7. The Morgan fingerprint density at radius 2 is 2.03 bits per heavy atom. The molecule has 1 saturated heterocycles. The minimum atomic E-state index is -3.81. The molecule has 1 aromatic heterocycles. The van der Waals surface area contributed by atoms with Gasteiger partial charge in [0.1, 0.15) is 11.3 Å². The predicted octanol–water partition coefficient (Wildman–Crippen LogP) is 2.67. The molecular weight excluding hydrogens is 430 g/mol. The summed E-state index contributed by atoms with van der Waals surface area (Å²) in [5.41, 5.74) is 3.02. The number of fused-ring (bicyclic) bond motifs is 1. The number of hydrogen-bond acceptors (Lipinski definition) is 8. The van der Waals surface area contributed by atoms with Crippen molar-refractivity contribution < 1.29 is 17.6 Å². The minimum absolute atomic E-state index is 0.0173. The summed E-state index contributed by atoms with van der Waals surface area (Å²) in [7, 11) is -2.16. The van der Waals surface area contributed by atoms with E-state index in [1.807, 2.05) is 19.1 Å². The second-order valence-electron chi connectivity index (χ2n) is 7.85. The number of benzene rings is 2. The fraction of sp³-hybridized carbons (Fsp3) is 0.409. The lowest BCUT2D eigenvalue weighted by molar-refractivity contribution is 0.405. The van der Waals surface area contributed by atoms with Crippen LogP contribution in [0.4, 0.5) is 11.7 Å². The van der Waals surface area contributed by atoms with Gasteiger partial charge in [0, 0.05) is 19.1 Å². The second-order valence-corrected chi connectivity index (χ2v) is 9.41. The van der Waals surface area contributed by atoms with Gasteiger partial charge in [0.2, 0.25) is 10.0 Å². The molecule has 10 heteroatoms. The van der Waals surface area contributed by atoms with Crippen LogP contribution >= 0.6 is 0 Å². The first-order chi connectivity index (χ1) is 15.4. The van der Waals surface area contributed by atoms with Crippen LogP contribution in [-0.2, 0) is 16.6 Å². The Balaban J connectivity index is 1.70. The van der Waals surface area contributed by atoms with Gasteiger partial charge in [-0.2, -0.15) is 4.98 Å². The third-order valence-electron chi connectivity index (χ3n) is 5.66. The van der Waals surface area contributed by atoms with E-state index < -0.39 is 10.0 Å². The van der Waals surface area contributed by atoms with Crippen LogP contribution in [0.3, 0.4) is 0 Å². The van der Waals surface area contributed by atoms with E-state index in [0.29, 0.717) is 23.7 Å². The van der Waals surface area contributed by atoms with E-state index in [2.05, 4.69) is 26.6 Å². The summed E-state index contributed by atoms with van der Waals surface area (Å²) < 4.78 is 35.0. The number of aromatic nitrogens is 1. The van der Waals surface area contributed by atoms with Crippen molar-refractivity contribution in [3.05, 3.63) is 42.0 Å². The molecule has 0 aliphatic carbocycles. The number of rotatable bonds is 8. The number of nitrogens with two attached hydrogens (primary N) is 1. The molecule has 1 aliphatic rings. The average molecular weight is 460 g/mol. The molecule has 4 N–H and O–H groups in total. The van der Waals surface area contributed by atoms with Gasteiger partial charge in [-0.15, -0.1) is 0 Å². The van der Waals surface area contributed by atoms with E-state index in [4.69, 9.17) is 14.3 Å². The summed E-state index contributed by atoms with van der Waals surface area (Å²) in [5.74, 6) is 0.793. The molecule has 172 valence electrons. The molecule has 0 amide bonds. The minimum Gasteiger partial charge on any atom is -0.495 e. The van der Waals surface area contributed by atoms with Gasteiger partial charge in [-0.05, 0) is 68.8 Å². The number of ether oxygens (including phenoxy) is 1. The van der Waals surface area contributed by atoms with Crippen LogP contribution in [0.5, 0.6) is 5.75 Å². The number of piperidine rings is 1. The molecular formula is C22H29N5O4S. The monoisotopic (exact) mass is 459 g/mol. The molecule has 0 bridgehead atoms. The Bertz CT molecular complexity index is 1190. The number of primary sulfonamides is 1. The predicted molar refractivity (Wildman–Crippen MR) is 125 cm³/mol. The number of nitrogens with zero attached hydrogens (tertiary/aromatic N) is 2. The molecule has 2 heterocycles. The molecule has 0 saturated carbocycles. The maximum Gasteiger partial charge on any atom is 0.298 e. The van der Waals surface area contributed by atoms with Crippen molar-refractivity contribution >= 4 is 32.8 Å². The number of sulfonamides is 1. The Labute approximate surface area is 188 Å². The van der Waals surface area contributed by atoms with Gasteiger partial charge in [-0.1, -0.05) is 6.07 Å². The number of hydrogen-bond donors (Lipinski definition) is 3. The maximum absolute atomic E-state index is 11.7. The molecule has 1 aliphatic heterocycles. The average Bonchev–Trinajstić information content (AvgIpc) is 3.21. The first kappa shape index (κ1) is 22.4. The Kier molecular flexibility index (Phi) is 6.54. The van der Waals surface area contributed by atoms with Crippen LogP contribution in [0, 0.1) is 0 Å². The van der Waals surface area contributed by atoms with Gasteiger partial charge in [0.05, 0.1) is 17.7 Å². The molecule has 3 aromatic rings. The third kappa shape index (κ3) is 4.82. The largest absolute Gasteiger partial charge is 0.495 e. The fourth-order valence-corrected chi connectivity index (χ4v) is 4.58. The van der Waals surface area contributed by atoms with Crippen molar-refractivity contribution in [2.45, 2.75) is 37.2 Å². The van der Waals surface area contributed by atoms with E-state index in [-0.39, 0.29) is 10.9 Å². The Hall–Kier alpha value is -2.82. The van der Waals surface area contributed by atoms with Crippen LogP contribution in [-0.4, -0.2) is 46.2 Å². The highest BCUT2D eigenvalue weighted by molar-refractivity contribution is 7.89. The summed E-state index contributed by atoms with van der Waals surface area (Å²) in [5, 5.41) is 12.0. The highest BCUT2D eigenvalue weighted by atomic mass is 32.2. The first-order valence-corrected chi connectivity index (χ1v) is 12.2. The van der Waals surface area contributed by atoms with Crippen LogP contribution in [0.15, 0.2) is 45.7 Å². The molecule has 0 radical (unpaired) electrons. The summed E-state index contributed by atoms with van der Waals surface area (Å²) in [6.45, 7) is 5.27. The Morgan fingerprint density at radius 3 is 2.72 bits per heavy atom. The zero-order valence-electron chi connectivity index (χ0n) is 18.3. The first-order valence-electron chi connectivity index (χ1n) is 10.7. The molecule has 0 unspecified atom stereocenters. The molecule has 0 atom stereocenters. The summed E-state index contributed by atoms with van der Waals surface area (Å²) in [6, 6.07) is 11.3. The van der Waals surface area contributed by atoms with Crippen LogP contribution < -0.4 is 25.4 Å². The van der Waals surface area contributed by atoms with Gasteiger partial charge in [-0.25, -0.2) is 13.6 Å². The van der Waals surface area contributed by atoms with Crippen molar-refractivity contribution in [2.24, 2.45) is 5.14 Å². The van der Waals surface area contributed by atoms with Crippen molar-refractivity contribution in [2.75, 3.05) is 37.0 Å².